The van der Waals surface area contributed by atoms with Crippen LogP contribution >= 0.6 is 23.2 Å². The summed E-state index contributed by atoms with van der Waals surface area (Å²) in [7, 11) is 1.56. The third-order valence-electron chi connectivity index (χ3n) is 2.59. The van der Waals surface area contributed by atoms with Crippen LogP contribution in [0.25, 0.3) is 0 Å². The van der Waals surface area contributed by atoms with Crippen LogP contribution in [-0.2, 0) is 4.74 Å². The van der Waals surface area contributed by atoms with Gasteiger partial charge in [0.2, 0.25) is 0 Å². The Bertz CT molecular complexity index is 508. The molecule has 0 bridgehead atoms. The quantitative estimate of drug-likeness (QED) is 0.569. The van der Waals surface area contributed by atoms with Crippen molar-refractivity contribution in [2.75, 3.05) is 31.7 Å². The largest absolute Gasteiger partial charge is 0.383 e. The Morgan fingerprint density at radius 1 is 1.40 bits per heavy atom. The van der Waals surface area contributed by atoms with Gasteiger partial charge < -0.3 is 9.64 Å². The zero-order valence-corrected chi connectivity index (χ0v) is 12.3. The number of methoxy groups -OCH3 is 1. The van der Waals surface area contributed by atoms with Gasteiger partial charge in [0.25, 0.3) is 5.69 Å². The van der Waals surface area contributed by atoms with E-state index in [2.05, 4.69) is 0 Å². The van der Waals surface area contributed by atoms with E-state index in [1.807, 2.05) is 6.07 Å². The maximum absolute atomic E-state index is 10.7. The molecule has 0 aliphatic heterocycles. The monoisotopic (exact) mass is 317 g/mol. The van der Waals surface area contributed by atoms with E-state index in [1.165, 1.54) is 12.1 Å². The van der Waals surface area contributed by atoms with E-state index in [9.17, 15) is 10.1 Å². The number of nitro groups is 1. The number of nitrogens with zero attached hydrogens (tertiary/aromatic N) is 3. The van der Waals surface area contributed by atoms with Crippen LogP contribution in [-0.4, -0.2) is 31.7 Å². The van der Waals surface area contributed by atoms with E-state index < -0.39 is 4.92 Å². The summed E-state index contributed by atoms with van der Waals surface area (Å²) in [6.07, 6.45) is 0.285. The number of nitro benzene ring substituents is 1. The highest BCUT2D eigenvalue weighted by Crippen LogP contribution is 2.37. The fourth-order valence-corrected chi connectivity index (χ4v) is 2.40. The first-order chi connectivity index (χ1) is 9.51. The number of nitriles is 1. The minimum Gasteiger partial charge on any atom is -0.383 e. The molecule has 0 N–H and O–H groups in total. The number of halogens is 2. The van der Waals surface area contributed by atoms with Crippen molar-refractivity contribution in [3.63, 3.8) is 0 Å². The average Bonchev–Trinajstić information content (AvgIpc) is 2.40. The molecule has 20 heavy (non-hydrogen) atoms. The van der Waals surface area contributed by atoms with E-state index in [4.69, 9.17) is 33.2 Å². The second kappa shape index (κ2) is 7.90. The molecule has 6 nitrogen and oxygen atoms in total. The lowest BCUT2D eigenvalue weighted by Gasteiger charge is -2.25. The van der Waals surface area contributed by atoms with E-state index in [0.717, 1.165) is 0 Å². The number of non-ortho nitro benzene ring substituents is 1. The molecular weight excluding hydrogens is 305 g/mol. The van der Waals surface area contributed by atoms with Crippen LogP contribution in [0.4, 0.5) is 11.4 Å². The van der Waals surface area contributed by atoms with Gasteiger partial charge in [-0.1, -0.05) is 23.2 Å². The van der Waals surface area contributed by atoms with E-state index in [0.29, 0.717) is 25.4 Å². The highest BCUT2D eigenvalue weighted by Gasteiger charge is 2.19. The van der Waals surface area contributed by atoms with Crippen molar-refractivity contribution in [3.8, 4) is 6.07 Å². The van der Waals surface area contributed by atoms with Crippen molar-refractivity contribution >= 4 is 34.6 Å². The molecule has 1 aromatic carbocycles. The predicted octanol–water partition coefficient (Wildman–Crippen LogP) is 3.27. The first-order valence-corrected chi connectivity index (χ1v) is 6.51. The van der Waals surface area contributed by atoms with E-state index in [1.54, 1.807) is 12.0 Å². The number of hydrogen-bond donors (Lipinski definition) is 0. The highest BCUT2D eigenvalue weighted by atomic mass is 35.5. The molecule has 8 heteroatoms. The maximum atomic E-state index is 10.7. The molecule has 0 aromatic heterocycles. The molecule has 0 fully saturated rings. The highest BCUT2D eigenvalue weighted by molar-refractivity contribution is 6.39. The van der Waals surface area contributed by atoms with Gasteiger partial charge in [-0.2, -0.15) is 5.26 Å². The molecule has 0 radical (unpaired) electrons. The van der Waals surface area contributed by atoms with Crippen LogP contribution in [0, 0.1) is 21.4 Å². The van der Waals surface area contributed by atoms with Crippen LogP contribution in [0.5, 0.6) is 0 Å². The summed E-state index contributed by atoms with van der Waals surface area (Å²) in [6, 6.07) is 4.53. The number of anilines is 1. The first-order valence-electron chi connectivity index (χ1n) is 5.75. The van der Waals surface area contributed by atoms with Gasteiger partial charge in [-0.15, -0.1) is 0 Å². The molecule has 0 saturated carbocycles. The molecule has 1 aromatic rings. The predicted molar refractivity (Wildman–Crippen MR) is 77.4 cm³/mol. The van der Waals surface area contributed by atoms with Crippen molar-refractivity contribution in [3.05, 3.63) is 32.3 Å². The summed E-state index contributed by atoms with van der Waals surface area (Å²) in [5.74, 6) is 0. The molecule has 1 rings (SSSR count). The molecule has 0 heterocycles. The van der Waals surface area contributed by atoms with E-state index in [-0.39, 0.29) is 22.2 Å². The number of benzene rings is 1. The Kier molecular flexibility index (Phi) is 6.52. The number of rotatable bonds is 7. The van der Waals surface area contributed by atoms with Crippen LogP contribution < -0.4 is 4.90 Å². The Balaban J connectivity index is 3.12. The van der Waals surface area contributed by atoms with Gasteiger partial charge in [0.05, 0.1) is 39.8 Å². The van der Waals surface area contributed by atoms with Crippen LogP contribution in [0.3, 0.4) is 0 Å². The summed E-state index contributed by atoms with van der Waals surface area (Å²) in [4.78, 5) is 12.0. The van der Waals surface area contributed by atoms with Gasteiger partial charge in [-0.3, -0.25) is 10.1 Å². The second-order valence-electron chi connectivity index (χ2n) is 3.90. The SMILES string of the molecule is COCCN(CCC#N)c1c(Cl)cc([N+](=O)[O-])cc1Cl. The van der Waals surface area contributed by atoms with Gasteiger partial charge >= 0.3 is 0 Å². The van der Waals surface area contributed by atoms with Crippen molar-refractivity contribution in [2.45, 2.75) is 6.42 Å². The zero-order chi connectivity index (χ0) is 15.1. The van der Waals surface area contributed by atoms with Crippen molar-refractivity contribution in [1.82, 2.24) is 0 Å². The molecule has 0 aliphatic carbocycles. The van der Waals surface area contributed by atoms with Crippen LogP contribution in [0.15, 0.2) is 12.1 Å². The summed E-state index contributed by atoms with van der Waals surface area (Å²) >= 11 is 12.2. The van der Waals surface area contributed by atoms with Crippen molar-refractivity contribution in [2.24, 2.45) is 0 Å². The van der Waals surface area contributed by atoms with Gasteiger partial charge in [0.15, 0.2) is 0 Å². The van der Waals surface area contributed by atoms with Gasteiger partial charge in [0, 0.05) is 32.3 Å². The lowest BCUT2D eigenvalue weighted by Crippen LogP contribution is -2.28. The summed E-state index contributed by atoms with van der Waals surface area (Å²) in [6.45, 7) is 1.32. The first kappa shape index (κ1) is 16.5. The van der Waals surface area contributed by atoms with Gasteiger partial charge in [0.1, 0.15) is 0 Å². The summed E-state index contributed by atoms with van der Waals surface area (Å²) in [5.41, 5.74) is 0.307. The Labute approximate surface area is 126 Å². The third-order valence-corrected chi connectivity index (χ3v) is 3.16. The smallest absolute Gasteiger partial charge is 0.272 e. The van der Waals surface area contributed by atoms with E-state index >= 15 is 0 Å². The molecule has 108 valence electrons. The Morgan fingerprint density at radius 3 is 2.45 bits per heavy atom. The van der Waals surface area contributed by atoms with Crippen molar-refractivity contribution in [1.29, 1.82) is 5.26 Å². The molecule has 0 aliphatic rings. The lowest BCUT2D eigenvalue weighted by atomic mass is 10.2. The zero-order valence-electron chi connectivity index (χ0n) is 10.8. The minimum absolute atomic E-state index is 0.171. The molecule has 0 spiro atoms. The second-order valence-corrected chi connectivity index (χ2v) is 4.72. The molecule has 0 saturated heterocycles. The molecule has 0 unspecified atom stereocenters. The fraction of sp³-hybridized carbons (Fsp3) is 0.417. The molecular formula is C12H13Cl2N3O3. The standard InChI is InChI=1S/C12H13Cl2N3O3/c1-20-6-5-16(4-2-3-15)12-10(13)7-9(17(18)19)8-11(12)14/h7-8H,2,4-6H2,1H3. The third kappa shape index (κ3) is 4.23. The fourth-order valence-electron chi connectivity index (χ4n) is 1.68. The lowest BCUT2D eigenvalue weighted by molar-refractivity contribution is -0.384. The average molecular weight is 318 g/mol. The molecule has 0 amide bonds. The number of ether oxygens (including phenoxy) is 1. The van der Waals surface area contributed by atoms with Crippen LogP contribution in [0.1, 0.15) is 6.42 Å². The maximum Gasteiger partial charge on any atom is 0.272 e. The Hall–Kier alpha value is -1.55. The topological polar surface area (TPSA) is 79.4 Å². The molecule has 0 atom stereocenters. The Morgan fingerprint density at radius 2 is 2.00 bits per heavy atom. The van der Waals surface area contributed by atoms with Crippen molar-refractivity contribution < 1.29 is 9.66 Å². The summed E-state index contributed by atoms with van der Waals surface area (Å²) in [5, 5.41) is 19.8. The van der Waals surface area contributed by atoms with Gasteiger partial charge in [-0.05, 0) is 0 Å². The van der Waals surface area contributed by atoms with Gasteiger partial charge in [-0.25, -0.2) is 0 Å². The summed E-state index contributed by atoms with van der Waals surface area (Å²) < 4.78 is 5.00. The number of hydrogen-bond acceptors (Lipinski definition) is 5. The minimum atomic E-state index is -0.559. The normalized spacial score (nSPS) is 10.1. The van der Waals surface area contributed by atoms with Crippen LogP contribution in [0.2, 0.25) is 10.0 Å².